The minimum atomic E-state index is -0.218. The van der Waals surface area contributed by atoms with E-state index in [0.29, 0.717) is 5.92 Å². The van der Waals surface area contributed by atoms with E-state index in [-0.39, 0.29) is 5.82 Å². The Hall–Kier alpha value is -3.90. The number of hydrogen-bond acceptors (Lipinski definition) is 3. The minimum Gasteiger partial charge on any atom is -0.497 e. The van der Waals surface area contributed by atoms with Crippen molar-refractivity contribution in [1.82, 2.24) is 19.0 Å². The predicted molar refractivity (Wildman–Crippen MR) is 151 cm³/mol. The molecule has 0 unspecified atom stereocenters. The van der Waals surface area contributed by atoms with E-state index >= 15 is 0 Å². The summed E-state index contributed by atoms with van der Waals surface area (Å²) in [5, 5.41) is 1.26. The Morgan fingerprint density at radius 2 is 1.74 bits per heavy atom. The molecule has 6 rings (SSSR count). The number of piperidine rings is 1. The molecule has 2 aromatic heterocycles. The number of aryl methyl sites for hydroxylation is 1. The Bertz CT molecular complexity index is 1530. The van der Waals surface area contributed by atoms with Gasteiger partial charge in [-0.1, -0.05) is 12.1 Å². The maximum atomic E-state index is 13.7. The number of benzene rings is 3. The average Bonchev–Trinajstić information content (AvgIpc) is 3.56. The zero-order chi connectivity index (χ0) is 26.1. The molecule has 1 aliphatic rings. The third-order valence-electron chi connectivity index (χ3n) is 7.92. The van der Waals surface area contributed by atoms with E-state index in [1.165, 1.54) is 28.6 Å². The molecule has 5 nitrogen and oxygen atoms in total. The lowest BCUT2D eigenvalue weighted by Crippen LogP contribution is -2.34. The summed E-state index contributed by atoms with van der Waals surface area (Å²) in [6, 6.07) is 21.8. The second kappa shape index (κ2) is 10.5. The van der Waals surface area contributed by atoms with Crippen LogP contribution < -0.4 is 4.74 Å². The van der Waals surface area contributed by atoms with Crippen molar-refractivity contribution >= 4 is 10.9 Å². The van der Waals surface area contributed by atoms with E-state index in [4.69, 9.17) is 4.74 Å². The van der Waals surface area contributed by atoms with Crippen molar-refractivity contribution in [3.63, 3.8) is 0 Å². The van der Waals surface area contributed by atoms with Gasteiger partial charge in [0.1, 0.15) is 17.4 Å². The van der Waals surface area contributed by atoms with Gasteiger partial charge in [0.05, 0.1) is 12.6 Å². The Labute approximate surface area is 223 Å². The monoisotopic (exact) mass is 508 g/mol. The van der Waals surface area contributed by atoms with Crippen LogP contribution in [-0.4, -0.2) is 45.8 Å². The van der Waals surface area contributed by atoms with Crippen molar-refractivity contribution in [1.29, 1.82) is 0 Å². The van der Waals surface area contributed by atoms with Crippen molar-refractivity contribution in [2.75, 3.05) is 26.7 Å². The first-order valence-electron chi connectivity index (χ1n) is 13.3. The predicted octanol–water partition coefficient (Wildman–Crippen LogP) is 6.60. The number of fused-ring (bicyclic) bond motifs is 1. The van der Waals surface area contributed by atoms with Crippen LogP contribution in [0.2, 0.25) is 0 Å². The van der Waals surface area contributed by atoms with Crippen LogP contribution in [0.4, 0.5) is 4.39 Å². The number of rotatable bonds is 7. The molecule has 0 bridgehead atoms. The van der Waals surface area contributed by atoms with Gasteiger partial charge < -0.3 is 18.8 Å². The molecule has 3 heterocycles. The summed E-state index contributed by atoms with van der Waals surface area (Å²) in [7, 11) is 3.73. The van der Waals surface area contributed by atoms with Crippen molar-refractivity contribution in [2.24, 2.45) is 7.05 Å². The zero-order valence-electron chi connectivity index (χ0n) is 22.0. The number of ether oxygens (including phenoxy) is 1. The summed E-state index contributed by atoms with van der Waals surface area (Å²) in [5.41, 5.74) is 5.95. The van der Waals surface area contributed by atoms with Gasteiger partial charge in [-0.3, -0.25) is 0 Å². The number of likely N-dealkylation sites (tertiary alicyclic amines) is 1. The lowest BCUT2D eigenvalue weighted by atomic mass is 9.88. The molecule has 194 valence electrons. The summed E-state index contributed by atoms with van der Waals surface area (Å²) in [4.78, 5) is 7.16. The first-order chi connectivity index (χ1) is 18.6. The molecule has 6 heteroatoms. The molecule has 0 atom stereocenters. The Morgan fingerprint density at radius 3 is 2.42 bits per heavy atom. The molecular formula is C32H33FN4O. The molecule has 1 fully saturated rings. The third-order valence-corrected chi connectivity index (χ3v) is 7.92. The lowest BCUT2D eigenvalue weighted by Gasteiger charge is -2.32. The fourth-order valence-corrected chi connectivity index (χ4v) is 5.73. The lowest BCUT2D eigenvalue weighted by molar-refractivity contribution is 0.215. The zero-order valence-corrected chi connectivity index (χ0v) is 22.0. The van der Waals surface area contributed by atoms with Gasteiger partial charge in [-0.25, -0.2) is 9.37 Å². The summed E-state index contributed by atoms with van der Waals surface area (Å²) in [5.74, 6) is 2.12. The molecule has 0 amide bonds. The highest BCUT2D eigenvalue weighted by Gasteiger charge is 2.24. The van der Waals surface area contributed by atoms with E-state index in [1.54, 1.807) is 7.11 Å². The van der Waals surface area contributed by atoms with Crippen LogP contribution >= 0.6 is 0 Å². The average molecular weight is 509 g/mol. The second-order valence-corrected chi connectivity index (χ2v) is 10.2. The summed E-state index contributed by atoms with van der Waals surface area (Å²) in [6.07, 6.45) is 9.39. The molecule has 1 saturated heterocycles. The molecule has 0 spiro atoms. The number of imidazole rings is 1. The molecule has 38 heavy (non-hydrogen) atoms. The third kappa shape index (κ3) is 4.84. The van der Waals surface area contributed by atoms with Gasteiger partial charge in [0.15, 0.2) is 0 Å². The van der Waals surface area contributed by atoms with E-state index in [1.807, 2.05) is 43.7 Å². The Balaban J connectivity index is 1.25. The molecule has 3 aromatic carbocycles. The van der Waals surface area contributed by atoms with E-state index in [0.717, 1.165) is 67.2 Å². The normalized spacial score (nSPS) is 14.8. The van der Waals surface area contributed by atoms with Gasteiger partial charge in [0.25, 0.3) is 0 Å². The molecule has 0 radical (unpaired) electrons. The van der Waals surface area contributed by atoms with Gasteiger partial charge in [-0.15, -0.1) is 0 Å². The maximum Gasteiger partial charge on any atom is 0.139 e. The number of hydrogen-bond donors (Lipinski definition) is 0. The van der Waals surface area contributed by atoms with Crippen LogP contribution in [0.1, 0.15) is 29.9 Å². The minimum absolute atomic E-state index is 0.218. The van der Waals surface area contributed by atoms with Crippen LogP contribution in [0.15, 0.2) is 85.3 Å². The smallest absolute Gasteiger partial charge is 0.139 e. The van der Waals surface area contributed by atoms with Crippen molar-refractivity contribution in [2.45, 2.75) is 25.2 Å². The highest BCUT2D eigenvalue weighted by atomic mass is 19.1. The quantitative estimate of drug-likeness (QED) is 0.248. The SMILES string of the molecule is COc1ccc(CCN2CCC(c3cn(-c4ccc(F)cc4)c4ccc(-c5nccn5C)cc34)CC2)cc1. The van der Waals surface area contributed by atoms with E-state index in [2.05, 4.69) is 55.5 Å². The first-order valence-corrected chi connectivity index (χ1v) is 13.3. The Kier molecular flexibility index (Phi) is 6.73. The van der Waals surface area contributed by atoms with Gasteiger partial charge in [0, 0.05) is 48.8 Å². The fraction of sp³-hybridized carbons (Fsp3) is 0.281. The van der Waals surface area contributed by atoms with Gasteiger partial charge >= 0.3 is 0 Å². The molecular weight excluding hydrogens is 475 g/mol. The molecule has 5 aromatic rings. The largest absolute Gasteiger partial charge is 0.497 e. The van der Waals surface area contributed by atoms with Crippen LogP contribution in [0.3, 0.4) is 0 Å². The number of nitrogens with zero attached hydrogens (tertiary/aromatic N) is 4. The highest BCUT2D eigenvalue weighted by molar-refractivity contribution is 5.89. The number of methoxy groups -OCH3 is 1. The van der Waals surface area contributed by atoms with Crippen LogP contribution in [0.5, 0.6) is 5.75 Å². The number of aromatic nitrogens is 3. The number of halogens is 1. The van der Waals surface area contributed by atoms with Gasteiger partial charge in [-0.05, 0) is 104 Å². The summed E-state index contributed by atoms with van der Waals surface area (Å²) >= 11 is 0. The van der Waals surface area contributed by atoms with Crippen molar-refractivity contribution in [3.8, 4) is 22.8 Å². The Morgan fingerprint density at radius 1 is 0.974 bits per heavy atom. The molecule has 0 saturated carbocycles. The highest BCUT2D eigenvalue weighted by Crippen LogP contribution is 2.37. The second-order valence-electron chi connectivity index (χ2n) is 10.2. The molecule has 0 N–H and O–H groups in total. The van der Waals surface area contributed by atoms with E-state index < -0.39 is 0 Å². The molecule has 0 aliphatic carbocycles. The standard InChI is InChI=1S/C32H33FN4O/c1-35-20-16-34-32(35)25-5-12-31-29(21-25)30(22-37(31)27-8-6-26(33)7-9-27)24-14-18-36(19-15-24)17-13-23-3-10-28(38-2)11-4-23/h3-12,16,20-22,24H,13-15,17-19H2,1-2H3. The summed E-state index contributed by atoms with van der Waals surface area (Å²) in [6.45, 7) is 3.24. The van der Waals surface area contributed by atoms with Crippen LogP contribution in [-0.2, 0) is 13.5 Å². The molecule has 1 aliphatic heterocycles. The first kappa shape index (κ1) is 24.4. The van der Waals surface area contributed by atoms with Gasteiger partial charge in [-0.2, -0.15) is 0 Å². The summed E-state index contributed by atoms with van der Waals surface area (Å²) < 4.78 is 23.2. The van der Waals surface area contributed by atoms with Crippen LogP contribution in [0, 0.1) is 5.82 Å². The maximum absolute atomic E-state index is 13.7. The van der Waals surface area contributed by atoms with Crippen molar-refractivity contribution < 1.29 is 9.13 Å². The van der Waals surface area contributed by atoms with Crippen LogP contribution in [0.25, 0.3) is 28.0 Å². The topological polar surface area (TPSA) is 35.2 Å². The fourth-order valence-electron chi connectivity index (χ4n) is 5.73. The van der Waals surface area contributed by atoms with Crippen molar-refractivity contribution in [3.05, 3.63) is 102 Å². The van der Waals surface area contributed by atoms with E-state index in [9.17, 15) is 4.39 Å². The van der Waals surface area contributed by atoms with Gasteiger partial charge in [0.2, 0.25) is 0 Å².